The minimum absolute atomic E-state index is 0.0493. The molecular formula is C35H49NO2. The Balaban J connectivity index is 1.11. The molecule has 12 atom stereocenters. The summed E-state index contributed by atoms with van der Waals surface area (Å²) in [6.45, 7) is 12.6. The van der Waals surface area contributed by atoms with Crippen LogP contribution in [0.15, 0.2) is 42.0 Å². The fourth-order valence-corrected chi connectivity index (χ4v) is 12.5. The van der Waals surface area contributed by atoms with E-state index in [-0.39, 0.29) is 11.7 Å². The molecule has 8 rings (SSSR count). The highest BCUT2D eigenvalue weighted by molar-refractivity contribution is 5.36. The highest BCUT2D eigenvalue weighted by Gasteiger charge is 2.84. The summed E-state index contributed by atoms with van der Waals surface area (Å²) >= 11 is 0. The number of aliphatic hydroxyl groups is 1. The van der Waals surface area contributed by atoms with E-state index in [9.17, 15) is 5.11 Å². The Labute approximate surface area is 230 Å². The Hall–Kier alpha value is -1.16. The average Bonchev–Trinajstić information content (AvgIpc) is 3.23. The fraction of sp³-hybridized carbons (Fsp3) is 0.771. The van der Waals surface area contributed by atoms with E-state index in [1.54, 1.807) is 5.57 Å². The summed E-state index contributed by atoms with van der Waals surface area (Å²) in [5.41, 5.74) is 4.24. The van der Waals surface area contributed by atoms with Gasteiger partial charge in [-0.15, -0.1) is 0 Å². The third-order valence-electron chi connectivity index (χ3n) is 14.2. The Kier molecular flexibility index (Phi) is 5.17. The lowest BCUT2D eigenvalue weighted by atomic mass is 9.56. The Morgan fingerprint density at radius 2 is 1.84 bits per heavy atom. The molecule has 2 heterocycles. The number of likely N-dealkylation sites (tertiary alicyclic amines) is 1. The van der Waals surface area contributed by atoms with Crippen molar-refractivity contribution in [2.24, 2.45) is 45.8 Å². The average molecular weight is 516 g/mol. The number of rotatable bonds is 2. The molecule has 6 fully saturated rings. The smallest absolute Gasteiger partial charge is 0.0787 e. The summed E-state index contributed by atoms with van der Waals surface area (Å²) in [6, 6.07) is 11.7. The van der Waals surface area contributed by atoms with Crippen LogP contribution in [-0.2, 0) is 11.3 Å². The largest absolute Gasteiger partial charge is 0.389 e. The van der Waals surface area contributed by atoms with Crippen LogP contribution < -0.4 is 0 Å². The molecule has 1 aromatic rings. The number of benzene rings is 1. The van der Waals surface area contributed by atoms with Gasteiger partial charge in [-0.2, -0.15) is 0 Å². The van der Waals surface area contributed by atoms with Gasteiger partial charge in [0.05, 0.1) is 17.8 Å². The SMILES string of the molecule is C[C@H]1C[C@H]2O[C@]3(CC[C@H]4[C@@H]5CCC6=C[C@@H](O)CC[C@]6(C)[C@H]5CC45CC53C)[C@H](C)[C@@H]2N(Cc2ccccc2)C1. The standard InChI is InChI=1S/C35H49NO2/c1-22-16-30-31(36(19-22)20-24-8-6-5-7-9-24)23(2)35(38-30)15-13-28-27-11-10-25-17-26(37)12-14-32(25,3)29(27)18-34(28)21-33(34,35)4/h5-9,17,22-23,26-31,37H,10-16,18-21H2,1-4H3/t22-,23+,26-,27-,28-,29-,30+,31-,32-,33?,34?,35+/m0/s1. The van der Waals surface area contributed by atoms with Crippen molar-refractivity contribution in [2.45, 2.75) is 116 Å². The molecular weight excluding hydrogens is 466 g/mol. The summed E-state index contributed by atoms with van der Waals surface area (Å²) in [6.07, 6.45) is 13.9. The van der Waals surface area contributed by atoms with Gasteiger partial charge >= 0.3 is 0 Å². The van der Waals surface area contributed by atoms with E-state index in [2.05, 4.69) is 69.0 Å². The van der Waals surface area contributed by atoms with Gasteiger partial charge in [0.1, 0.15) is 0 Å². The molecule has 2 unspecified atom stereocenters. The maximum Gasteiger partial charge on any atom is 0.0787 e. The molecule has 0 bridgehead atoms. The van der Waals surface area contributed by atoms with Crippen LogP contribution in [-0.4, -0.2) is 40.4 Å². The van der Waals surface area contributed by atoms with Crippen LogP contribution >= 0.6 is 0 Å². The minimum atomic E-state index is -0.205. The molecule has 2 spiro atoms. The second-order valence-corrected chi connectivity index (χ2v) is 15.6. The van der Waals surface area contributed by atoms with Gasteiger partial charge in [0.2, 0.25) is 0 Å². The zero-order chi connectivity index (χ0) is 26.1. The van der Waals surface area contributed by atoms with Gasteiger partial charge in [0.15, 0.2) is 0 Å². The molecule has 7 aliphatic rings. The molecule has 2 saturated heterocycles. The second-order valence-electron chi connectivity index (χ2n) is 15.6. The third-order valence-corrected chi connectivity index (χ3v) is 14.2. The van der Waals surface area contributed by atoms with E-state index < -0.39 is 0 Å². The molecule has 1 N–H and O–H groups in total. The first-order valence-corrected chi connectivity index (χ1v) is 16.1. The van der Waals surface area contributed by atoms with E-state index in [1.807, 2.05) is 0 Å². The van der Waals surface area contributed by atoms with Gasteiger partial charge in [-0.05, 0) is 97.9 Å². The van der Waals surface area contributed by atoms with Crippen molar-refractivity contribution in [2.75, 3.05) is 6.54 Å². The highest BCUT2D eigenvalue weighted by atomic mass is 16.5. The number of nitrogens with zero attached hydrogens (tertiary/aromatic N) is 1. The first kappa shape index (κ1) is 24.6. The number of aliphatic hydroxyl groups excluding tert-OH is 1. The van der Waals surface area contributed by atoms with E-state index >= 15 is 0 Å². The molecule has 2 aliphatic heterocycles. The molecule has 38 heavy (non-hydrogen) atoms. The van der Waals surface area contributed by atoms with Crippen LogP contribution in [0.1, 0.15) is 91.0 Å². The van der Waals surface area contributed by atoms with Crippen molar-refractivity contribution in [1.82, 2.24) is 4.90 Å². The Bertz CT molecular complexity index is 1150. The van der Waals surface area contributed by atoms with Crippen LogP contribution in [0.25, 0.3) is 0 Å². The first-order chi connectivity index (χ1) is 18.2. The van der Waals surface area contributed by atoms with Gasteiger partial charge in [-0.1, -0.05) is 69.7 Å². The topological polar surface area (TPSA) is 32.7 Å². The summed E-state index contributed by atoms with van der Waals surface area (Å²) in [5.74, 6) is 3.88. The maximum atomic E-state index is 10.4. The molecule has 4 saturated carbocycles. The van der Waals surface area contributed by atoms with Gasteiger partial charge in [0.25, 0.3) is 0 Å². The lowest BCUT2D eigenvalue weighted by Crippen LogP contribution is -2.54. The molecule has 3 nitrogen and oxygen atoms in total. The molecule has 3 heteroatoms. The number of hydrogen-bond donors (Lipinski definition) is 1. The molecule has 0 aromatic heterocycles. The summed E-state index contributed by atoms with van der Waals surface area (Å²) in [4.78, 5) is 2.82. The second kappa shape index (κ2) is 7.98. The highest BCUT2D eigenvalue weighted by Crippen LogP contribution is 2.87. The molecule has 5 aliphatic carbocycles. The Morgan fingerprint density at radius 3 is 2.66 bits per heavy atom. The summed E-state index contributed by atoms with van der Waals surface area (Å²) < 4.78 is 7.52. The van der Waals surface area contributed by atoms with Crippen LogP contribution in [0.5, 0.6) is 0 Å². The van der Waals surface area contributed by atoms with Crippen molar-refractivity contribution < 1.29 is 9.84 Å². The van der Waals surface area contributed by atoms with Crippen LogP contribution in [0.3, 0.4) is 0 Å². The molecule has 1 aromatic carbocycles. The van der Waals surface area contributed by atoms with Crippen molar-refractivity contribution in [3.8, 4) is 0 Å². The first-order valence-electron chi connectivity index (χ1n) is 16.1. The quantitative estimate of drug-likeness (QED) is 0.431. The van der Waals surface area contributed by atoms with E-state index in [4.69, 9.17) is 4.74 Å². The van der Waals surface area contributed by atoms with Crippen molar-refractivity contribution in [1.29, 1.82) is 0 Å². The third kappa shape index (κ3) is 2.97. The molecule has 206 valence electrons. The van der Waals surface area contributed by atoms with Gasteiger partial charge in [0, 0.05) is 30.5 Å². The van der Waals surface area contributed by atoms with Crippen molar-refractivity contribution in [3.63, 3.8) is 0 Å². The summed E-state index contributed by atoms with van der Waals surface area (Å²) in [7, 11) is 0. The monoisotopic (exact) mass is 515 g/mol. The van der Waals surface area contributed by atoms with Crippen molar-refractivity contribution >= 4 is 0 Å². The normalized spacial score (nSPS) is 54.9. The van der Waals surface area contributed by atoms with Gasteiger partial charge in [-0.3, -0.25) is 4.90 Å². The molecule has 0 radical (unpaired) electrons. The molecule has 0 amide bonds. The zero-order valence-corrected chi connectivity index (χ0v) is 24.2. The van der Waals surface area contributed by atoms with Gasteiger partial charge < -0.3 is 9.84 Å². The van der Waals surface area contributed by atoms with Crippen LogP contribution in [0.4, 0.5) is 0 Å². The number of piperidine rings is 1. The van der Waals surface area contributed by atoms with E-state index in [0.29, 0.717) is 40.2 Å². The summed E-state index contributed by atoms with van der Waals surface area (Å²) in [5, 5.41) is 10.4. The predicted octanol–water partition coefficient (Wildman–Crippen LogP) is 6.99. The van der Waals surface area contributed by atoms with Crippen LogP contribution in [0, 0.1) is 45.8 Å². The predicted molar refractivity (Wildman–Crippen MR) is 151 cm³/mol. The van der Waals surface area contributed by atoms with Gasteiger partial charge in [-0.25, -0.2) is 0 Å². The lowest BCUT2D eigenvalue weighted by Gasteiger charge is -2.50. The fourth-order valence-electron chi connectivity index (χ4n) is 12.5. The minimum Gasteiger partial charge on any atom is -0.389 e. The number of hydrogen-bond acceptors (Lipinski definition) is 3. The van der Waals surface area contributed by atoms with E-state index in [0.717, 1.165) is 30.7 Å². The number of allylic oxidation sites excluding steroid dienone is 1. The zero-order valence-electron chi connectivity index (χ0n) is 24.2. The van der Waals surface area contributed by atoms with Crippen LogP contribution in [0.2, 0.25) is 0 Å². The van der Waals surface area contributed by atoms with E-state index in [1.165, 1.54) is 63.5 Å². The lowest BCUT2D eigenvalue weighted by molar-refractivity contribution is -0.148. The Morgan fingerprint density at radius 1 is 1.03 bits per heavy atom. The number of ether oxygens (including phenoxy) is 1. The number of fused-ring (bicyclic) bond motifs is 6. The maximum absolute atomic E-state index is 10.4. The van der Waals surface area contributed by atoms with Crippen molar-refractivity contribution in [3.05, 3.63) is 47.5 Å².